The molecule has 0 aromatic heterocycles. The SMILES string of the molecule is CC(CN)N(C)C(=O)C1CC12CCCc1ccccc12.Cl. The number of fused-ring (bicyclic) bond motifs is 2. The minimum Gasteiger partial charge on any atom is -0.342 e. The first kappa shape index (κ1) is 16.3. The van der Waals surface area contributed by atoms with Crippen molar-refractivity contribution in [2.45, 2.75) is 44.1 Å². The molecule has 0 bridgehead atoms. The quantitative estimate of drug-likeness (QED) is 0.932. The van der Waals surface area contributed by atoms with Crippen LogP contribution in [0.5, 0.6) is 0 Å². The van der Waals surface area contributed by atoms with Crippen molar-refractivity contribution in [2.75, 3.05) is 13.6 Å². The molecule has 1 fully saturated rings. The average molecular weight is 309 g/mol. The van der Waals surface area contributed by atoms with Gasteiger partial charge in [0.05, 0.1) is 0 Å². The molecule has 2 N–H and O–H groups in total. The summed E-state index contributed by atoms with van der Waals surface area (Å²) in [5.74, 6) is 0.447. The number of carbonyl (C=O) groups excluding carboxylic acids is 1. The van der Waals surface area contributed by atoms with Gasteiger partial charge in [-0.15, -0.1) is 12.4 Å². The number of hydrogen-bond donors (Lipinski definition) is 1. The van der Waals surface area contributed by atoms with Crippen molar-refractivity contribution in [3.63, 3.8) is 0 Å². The van der Waals surface area contributed by atoms with Gasteiger partial charge in [-0.25, -0.2) is 0 Å². The van der Waals surface area contributed by atoms with Crippen LogP contribution < -0.4 is 5.73 Å². The van der Waals surface area contributed by atoms with Crippen molar-refractivity contribution in [3.05, 3.63) is 35.4 Å². The zero-order valence-corrected chi connectivity index (χ0v) is 13.7. The highest BCUT2D eigenvalue weighted by molar-refractivity contribution is 5.85. The molecule has 3 unspecified atom stereocenters. The third-order valence-electron chi connectivity index (χ3n) is 5.35. The number of nitrogens with zero attached hydrogens (tertiary/aromatic N) is 1. The van der Waals surface area contributed by atoms with Crippen LogP contribution in [0.25, 0.3) is 0 Å². The molecule has 2 aliphatic rings. The molecule has 3 rings (SSSR count). The molecule has 0 saturated heterocycles. The lowest BCUT2D eigenvalue weighted by atomic mass is 9.78. The number of nitrogens with two attached hydrogens (primary N) is 1. The predicted octanol–water partition coefficient (Wildman–Crippen LogP) is 2.51. The molecule has 0 radical (unpaired) electrons. The summed E-state index contributed by atoms with van der Waals surface area (Å²) < 4.78 is 0. The van der Waals surface area contributed by atoms with Gasteiger partial charge in [-0.2, -0.15) is 0 Å². The normalized spacial score (nSPS) is 27.5. The summed E-state index contributed by atoms with van der Waals surface area (Å²) in [6, 6.07) is 8.80. The van der Waals surface area contributed by atoms with Crippen LogP contribution in [0.1, 0.15) is 37.3 Å². The molecule has 1 spiro atoms. The van der Waals surface area contributed by atoms with Crippen molar-refractivity contribution in [1.29, 1.82) is 0 Å². The van der Waals surface area contributed by atoms with Crippen molar-refractivity contribution in [3.8, 4) is 0 Å². The van der Waals surface area contributed by atoms with E-state index in [2.05, 4.69) is 24.3 Å². The Labute approximate surface area is 133 Å². The van der Waals surface area contributed by atoms with Gasteiger partial charge < -0.3 is 10.6 Å². The van der Waals surface area contributed by atoms with E-state index in [0.29, 0.717) is 6.54 Å². The van der Waals surface area contributed by atoms with E-state index in [1.54, 1.807) is 0 Å². The second-order valence-electron chi connectivity index (χ2n) is 6.46. The molecule has 116 valence electrons. The molecule has 4 heteroatoms. The predicted molar refractivity (Wildman–Crippen MR) is 87.7 cm³/mol. The van der Waals surface area contributed by atoms with Gasteiger partial charge in [0.25, 0.3) is 0 Å². The van der Waals surface area contributed by atoms with Crippen molar-refractivity contribution in [2.24, 2.45) is 11.7 Å². The van der Waals surface area contributed by atoms with Crippen molar-refractivity contribution in [1.82, 2.24) is 4.90 Å². The van der Waals surface area contributed by atoms with Crippen molar-refractivity contribution >= 4 is 18.3 Å². The van der Waals surface area contributed by atoms with Crippen LogP contribution in [-0.4, -0.2) is 30.4 Å². The van der Waals surface area contributed by atoms with E-state index in [0.717, 1.165) is 19.3 Å². The Bertz CT molecular complexity index is 533. The molecule has 2 aliphatic carbocycles. The lowest BCUT2D eigenvalue weighted by Gasteiger charge is -2.29. The van der Waals surface area contributed by atoms with E-state index in [9.17, 15) is 4.79 Å². The third-order valence-corrected chi connectivity index (χ3v) is 5.35. The van der Waals surface area contributed by atoms with Gasteiger partial charge in [0, 0.05) is 31.0 Å². The number of amides is 1. The van der Waals surface area contributed by atoms with Gasteiger partial charge in [-0.3, -0.25) is 4.79 Å². The number of rotatable bonds is 3. The maximum absolute atomic E-state index is 12.7. The largest absolute Gasteiger partial charge is 0.342 e. The van der Waals surface area contributed by atoms with E-state index >= 15 is 0 Å². The minimum atomic E-state index is 0. The molecule has 1 aromatic carbocycles. The molecule has 0 heterocycles. The molecule has 3 atom stereocenters. The Morgan fingerprint density at radius 1 is 1.48 bits per heavy atom. The molecular formula is C17H25ClN2O. The number of likely N-dealkylation sites (N-methyl/N-ethyl adjacent to an activating group) is 1. The van der Waals surface area contributed by atoms with E-state index in [1.165, 1.54) is 17.5 Å². The number of carbonyl (C=O) groups is 1. The Hall–Kier alpha value is -1.06. The number of hydrogen-bond acceptors (Lipinski definition) is 2. The topological polar surface area (TPSA) is 46.3 Å². The molecule has 1 saturated carbocycles. The van der Waals surface area contributed by atoms with E-state index < -0.39 is 0 Å². The van der Waals surface area contributed by atoms with Gasteiger partial charge in [0.15, 0.2) is 0 Å². The van der Waals surface area contributed by atoms with Gasteiger partial charge in [-0.05, 0) is 43.7 Å². The average Bonchev–Trinajstić information content (AvgIpc) is 3.20. The Morgan fingerprint density at radius 3 is 2.90 bits per heavy atom. The van der Waals surface area contributed by atoms with Crippen LogP contribution in [0.2, 0.25) is 0 Å². The summed E-state index contributed by atoms with van der Waals surface area (Å²) in [6.45, 7) is 2.54. The summed E-state index contributed by atoms with van der Waals surface area (Å²) in [6.07, 6.45) is 4.54. The van der Waals surface area contributed by atoms with Crippen LogP contribution in [0.4, 0.5) is 0 Å². The molecule has 21 heavy (non-hydrogen) atoms. The van der Waals surface area contributed by atoms with Crippen LogP contribution in [0, 0.1) is 5.92 Å². The van der Waals surface area contributed by atoms with E-state index in [4.69, 9.17) is 5.73 Å². The lowest BCUT2D eigenvalue weighted by Crippen LogP contribution is -2.41. The number of halogens is 1. The number of benzene rings is 1. The fourth-order valence-corrected chi connectivity index (χ4v) is 3.78. The van der Waals surface area contributed by atoms with Gasteiger partial charge in [-0.1, -0.05) is 24.3 Å². The molecule has 1 amide bonds. The molecule has 1 aromatic rings. The second kappa shape index (κ2) is 5.98. The summed E-state index contributed by atoms with van der Waals surface area (Å²) in [7, 11) is 1.89. The fourth-order valence-electron chi connectivity index (χ4n) is 3.78. The molecule has 0 aliphatic heterocycles. The zero-order chi connectivity index (χ0) is 14.3. The fraction of sp³-hybridized carbons (Fsp3) is 0.588. The van der Waals surface area contributed by atoms with Crippen LogP contribution in [0.15, 0.2) is 24.3 Å². The van der Waals surface area contributed by atoms with Gasteiger partial charge in [0.2, 0.25) is 5.91 Å². The first-order chi connectivity index (χ1) is 9.60. The third kappa shape index (κ3) is 2.58. The van der Waals surface area contributed by atoms with Gasteiger partial charge >= 0.3 is 0 Å². The van der Waals surface area contributed by atoms with Gasteiger partial charge in [0.1, 0.15) is 0 Å². The first-order valence-corrected chi connectivity index (χ1v) is 7.65. The Morgan fingerprint density at radius 2 is 2.19 bits per heavy atom. The second-order valence-corrected chi connectivity index (χ2v) is 6.46. The highest BCUT2D eigenvalue weighted by Crippen LogP contribution is 2.60. The summed E-state index contributed by atoms with van der Waals surface area (Å²) >= 11 is 0. The zero-order valence-electron chi connectivity index (χ0n) is 12.8. The van der Waals surface area contributed by atoms with E-state index in [1.807, 2.05) is 18.9 Å². The molecular weight excluding hydrogens is 284 g/mol. The maximum atomic E-state index is 12.7. The first-order valence-electron chi connectivity index (χ1n) is 7.65. The van der Waals surface area contributed by atoms with E-state index in [-0.39, 0.29) is 35.7 Å². The number of aryl methyl sites for hydroxylation is 1. The standard InChI is InChI=1S/C17H24N2O.ClH/c1-12(11-18)19(2)16(20)15-10-17(15)9-5-7-13-6-3-4-8-14(13)17;/h3-4,6,8,12,15H,5,7,9-11,18H2,1-2H3;1H. The van der Waals surface area contributed by atoms with Crippen LogP contribution >= 0.6 is 12.4 Å². The minimum absolute atomic E-state index is 0. The summed E-state index contributed by atoms with van der Waals surface area (Å²) in [5, 5.41) is 0. The van der Waals surface area contributed by atoms with Crippen LogP contribution in [0.3, 0.4) is 0 Å². The highest BCUT2D eigenvalue weighted by Gasteiger charge is 2.60. The summed E-state index contributed by atoms with van der Waals surface area (Å²) in [4.78, 5) is 14.5. The summed E-state index contributed by atoms with van der Waals surface area (Å²) in [5.41, 5.74) is 8.69. The lowest BCUT2D eigenvalue weighted by molar-refractivity contribution is -0.133. The Kier molecular flexibility index (Phi) is 4.64. The van der Waals surface area contributed by atoms with Crippen LogP contribution in [-0.2, 0) is 16.6 Å². The monoisotopic (exact) mass is 308 g/mol. The molecule has 3 nitrogen and oxygen atoms in total. The highest BCUT2D eigenvalue weighted by atomic mass is 35.5. The smallest absolute Gasteiger partial charge is 0.226 e. The Balaban J connectivity index is 0.00000161. The maximum Gasteiger partial charge on any atom is 0.226 e. The van der Waals surface area contributed by atoms with Crippen molar-refractivity contribution < 1.29 is 4.79 Å².